The minimum atomic E-state index is -0.301. The van der Waals surface area contributed by atoms with Crippen LogP contribution >= 0.6 is 11.6 Å². The Morgan fingerprint density at radius 1 is 1.29 bits per heavy atom. The summed E-state index contributed by atoms with van der Waals surface area (Å²) >= 11 is 5.88. The lowest BCUT2D eigenvalue weighted by atomic mass is 10.1. The van der Waals surface area contributed by atoms with E-state index in [0.717, 1.165) is 0 Å². The highest BCUT2D eigenvalue weighted by molar-refractivity contribution is 6.33. The SMILES string of the molecule is CC(C)C(C)Nc1c(F)cccc1Cl. The number of halogens is 2. The number of para-hydroxylation sites is 1. The number of anilines is 1. The zero-order chi connectivity index (χ0) is 10.7. The van der Waals surface area contributed by atoms with Gasteiger partial charge in [-0.05, 0) is 25.0 Å². The monoisotopic (exact) mass is 215 g/mol. The first-order valence-electron chi connectivity index (χ1n) is 4.73. The molecule has 1 unspecified atom stereocenters. The first kappa shape index (κ1) is 11.3. The molecule has 0 radical (unpaired) electrons. The molecule has 1 nitrogen and oxygen atoms in total. The van der Waals surface area contributed by atoms with Gasteiger partial charge in [0, 0.05) is 6.04 Å². The van der Waals surface area contributed by atoms with Crippen molar-refractivity contribution in [3.63, 3.8) is 0 Å². The second-order valence-electron chi connectivity index (χ2n) is 3.77. The van der Waals surface area contributed by atoms with Crippen LogP contribution in [0.15, 0.2) is 18.2 Å². The Morgan fingerprint density at radius 2 is 1.93 bits per heavy atom. The average Bonchev–Trinajstić information content (AvgIpc) is 2.11. The maximum Gasteiger partial charge on any atom is 0.147 e. The second-order valence-corrected chi connectivity index (χ2v) is 4.18. The maximum atomic E-state index is 13.3. The molecule has 1 aromatic rings. The lowest BCUT2D eigenvalue weighted by molar-refractivity contribution is 0.552. The Labute approximate surface area is 89.3 Å². The van der Waals surface area contributed by atoms with Gasteiger partial charge >= 0.3 is 0 Å². The van der Waals surface area contributed by atoms with Gasteiger partial charge in [-0.15, -0.1) is 0 Å². The smallest absolute Gasteiger partial charge is 0.147 e. The molecule has 14 heavy (non-hydrogen) atoms. The first-order chi connectivity index (χ1) is 6.52. The molecule has 0 aliphatic rings. The molecule has 78 valence electrons. The lowest BCUT2D eigenvalue weighted by Gasteiger charge is -2.19. The molecule has 0 amide bonds. The highest BCUT2D eigenvalue weighted by Crippen LogP contribution is 2.26. The van der Waals surface area contributed by atoms with Gasteiger partial charge in [0.1, 0.15) is 5.82 Å². The largest absolute Gasteiger partial charge is 0.379 e. The third kappa shape index (κ3) is 2.61. The number of benzene rings is 1. The second kappa shape index (κ2) is 4.65. The van der Waals surface area contributed by atoms with Crippen LogP contribution < -0.4 is 5.32 Å². The van der Waals surface area contributed by atoms with Gasteiger partial charge in [0.15, 0.2) is 0 Å². The van der Waals surface area contributed by atoms with Crippen LogP contribution in [-0.4, -0.2) is 6.04 Å². The fraction of sp³-hybridized carbons (Fsp3) is 0.455. The van der Waals surface area contributed by atoms with Crippen LogP contribution in [0.3, 0.4) is 0 Å². The molecule has 0 saturated heterocycles. The molecule has 0 aromatic heterocycles. The highest BCUT2D eigenvalue weighted by Gasteiger charge is 2.11. The molecule has 0 aliphatic heterocycles. The van der Waals surface area contributed by atoms with E-state index in [-0.39, 0.29) is 11.9 Å². The van der Waals surface area contributed by atoms with Gasteiger partial charge in [0.25, 0.3) is 0 Å². The quantitative estimate of drug-likeness (QED) is 0.806. The fourth-order valence-electron chi connectivity index (χ4n) is 1.03. The van der Waals surface area contributed by atoms with Gasteiger partial charge in [0.2, 0.25) is 0 Å². The van der Waals surface area contributed by atoms with Crippen molar-refractivity contribution in [2.45, 2.75) is 26.8 Å². The summed E-state index contributed by atoms with van der Waals surface area (Å²) in [5, 5.41) is 3.50. The van der Waals surface area contributed by atoms with E-state index in [1.807, 2.05) is 6.92 Å². The predicted molar refractivity (Wildman–Crippen MR) is 59.3 cm³/mol. The van der Waals surface area contributed by atoms with Crippen LogP contribution in [0.25, 0.3) is 0 Å². The van der Waals surface area contributed by atoms with Crippen molar-refractivity contribution in [2.75, 3.05) is 5.32 Å². The molecule has 0 aliphatic carbocycles. The van der Waals surface area contributed by atoms with Crippen molar-refractivity contribution in [1.82, 2.24) is 0 Å². The molecule has 1 atom stereocenters. The Kier molecular flexibility index (Phi) is 3.76. The van der Waals surface area contributed by atoms with E-state index in [0.29, 0.717) is 16.6 Å². The minimum Gasteiger partial charge on any atom is -0.379 e. The molecule has 0 saturated carbocycles. The van der Waals surface area contributed by atoms with E-state index in [1.54, 1.807) is 12.1 Å². The topological polar surface area (TPSA) is 12.0 Å². The Balaban J connectivity index is 2.85. The summed E-state index contributed by atoms with van der Waals surface area (Å²) < 4.78 is 13.3. The van der Waals surface area contributed by atoms with Crippen LogP contribution in [0.5, 0.6) is 0 Å². The van der Waals surface area contributed by atoms with Crippen molar-refractivity contribution >= 4 is 17.3 Å². The number of hydrogen-bond donors (Lipinski definition) is 1. The summed E-state index contributed by atoms with van der Waals surface area (Å²) in [7, 11) is 0. The van der Waals surface area contributed by atoms with Gasteiger partial charge in [-0.2, -0.15) is 0 Å². The van der Waals surface area contributed by atoms with Crippen LogP contribution in [-0.2, 0) is 0 Å². The molecule has 0 heterocycles. The lowest BCUT2D eigenvalue weighted by Crippen LogP contribution is -2.22. The van der Waals surface area contributed by atoms with Crippen molar-refractivity contribution < 1.29 is 4.39 Å². The van der Waals surface area contributed by atoms with E-state index < -0.39 is 0 Å². The third-order valence-electron chi connectivity index (χ3n) is 2.33. The number of hydrogen-bond acceptors (Lipinski definition) is 1. The van der Waals surface area contributed by atoms with Crippen molar-refractivity contribution in [3.8, 4) is 0 Å². The standard InChI is InChI=1S/C11H15ClFN/c1-7(2)8(3)14-11-9(12)5-4-6-10(11)13/h4-8,14H,1-3H3. The maximum absolute atomic E-state index is 13.3. The van der Waals surface area contributed by atoms with Crippen molar-refractivity contribution in [3.05, 3.63) is 29.0 Å². The average molecular weight is 216 g/mol. The van der Waals surface area contributed by atoms with Gasteiger partial charge in [0.05, 0.1) is 10.7 Å². The zero-order valence-electron chi connectivity index (χ0n) is 8.64. The Bertz CT molecular complexity index is 292. The summed E-state index contributed by atoms with van der Waals surface area (Å²) in [6.45, 7) is 6.16. The van der Waals surface area contributed by atoms with Gasteiger partial charge < -0.3 is 5.32 Å². The van der Waals surface area contributed by atoms with Crippen molar-refractivity contribution in [1.29, 1.82) is 0 Å². The van der Waals surface area contributed by atoms with Crippen LogP contribution in [0.4, 0.5) is 10.1 Å². The Hall–Kier alpha value is -0.760. The predicted octanol–water partition coefficient (Wildman–Crippen LogP) is 3.94. The number of nitrogens with one attached hydrogen (secondary N) is 1. The molecule has 1 N–H and O–H groups in total. The summed E-state index contributed by atoms with van der Waals surface area (Å²) in [5.74, 6) is 0.135. The van der Waals surface area contributed by atoms with Gasteiger partial charge in [-0.1, -0.05) is 31.5 Å². The van der Waals surface area contributed by atoms with Crippen LogP contribution in [0, 0.1) is 11.7 Å². The fourth-order valence-corrected chi connectivity index (χ4v) is 1.25. The van der Waals surface area contributed by atoms with E-state index in [4.69, 9.17) is 11.6 Å². The minimum absolute atomic E-state index is 0.199. The summed E-state index contributed by atoms with van der Waals surface area (Å²) in [6, 6.07) is 4.88. The molecule has 1 rings (SSSR count). The molecule has 0 spiro atoms. The van der Waals surface area contributed by atoms with Gasteiger partial charge in [-0.25, -0.2) is 4.39 Å². The molecule has 0 bridgehead atoms. The van der Waals surface area contributed by atoms with Gasteiger partial charge in [-0.3, -0.25) is 0 Å². The van der Waals surface area contributed by atoms with Crippen LogP contribution in [0.2, 0.25) is 5.02 Å². The zero-order valence-corrected chi connectivity index (χ0v) is 9.40. The molecule has 0 fully saturated rings. The summed E-state index contributed by atoms with van der Waals surface area (Å²) in [4.78, 5) is 0. The number of rotatable bonds is 3. The molecular weight excluding hydrogens is 201 g/mol. The first-order valence-corrected chi connectivity index (χ1v) is 5.10. The van der Waals surface area contributed by atoms with E-state index in [2.05, 4.69) is 19.2 Å². The summed E-state index contributed by atoms with van der Waals surface area (Å²) in [6.07, 6.45) is 0. The third-order valence-corrected chi connectivity index (χ3v) is 2.65. The van der Waals surface area contributed by atoms with Crippen LogP contribution in [0.1, 0.15) is 20.8 Å². The highest BCUT2D eigenvalue weighted by atomic mass is 35.5. The molecule has 3 heteroatoms. The normalized spacial score (nSPS) is 13.0. The van der Waals surface area contributed by atoms with E-state index in [9.17, 15) is 4.39 Å². The summed E-state index contributed by atoms with van der Waals surface area (Å²) in [5.41, 5.74) is 0.398. The van der Waals surface area contributed by atoms with E-state index in [1.165, 1.54) is 6.07 Å². The Morgan fingerprint density at radius 3 is 2.43 bits per heavy atom. The molecular formula is C11H15ClFN. The van der Waals surface area contributed by atoms with E-state index >= 15 is 0 Å². The molecule has 1 aromatic carbocycles. The van der Waals surface area contributed by atoms with Crippen molar-refractivity contribution in [2.24, 2.45) is 5.92 Å².